The summed E-state index contributed by atoms with van der Waals surface area (Å²) in [5, 5.41) is 3.10. The minimum absolute atomic E-state index is 0.283. The smallest absolute Gasteiger partial charge is 0.179 e. The van der Waals surface area contributed by atoms with E-state index in [0.29, 0.717) is 5.82 Å². The highest BCUT2D eigenvalue weighted by Gasteiger charge is 2.21. The van der Waals surface area contributed by atoms with Crippen molar-refractivity contribution >= 4 is 15.7 Å². The molecule has 1 heterocycles. The van der Waals surface area contributed by atoms with Crippen molar-refractivity contribution in [3.05, 3.63) is 18.3 Å². The van der Waals surface area contributed by atoms with E-state index in [-0.39, 0.29) is 4.90 Å². The Morgan fingerprint density at radius 1 is 1.50 bits per heavy atom. The van der Waals surface area contributed by atoms with E-state index in [0.717, 1.165) is 18.9 Å². The van der Waals surface area contributed by atoms with Crippen LogP contribution in [0.4, 0.5) is 5.82 Å². The number of sulfone groups is 1. The van der Waals surface area contributed by atoms with Crippen LogP contribution in [0.1, 0.15) is 19.3 Å². The molecule has 4 nitrogen and oxygen atoms in total. The van der Waals surface area contributed by atoms with Crippen LogP contribution in [0.15, 0.2) is 23.2 Å². The molecule has 0 spiro atoms. The Bertz CT molecular complexity index is 467. The van der Waals surface area contributed by atoms with Gasteiger partial charge in [-0.25, -0.2) is 13.4 Å². The summed E-state index contributed by atoms with van der Waals surface area (Å²) in [6.45, 7) is 0.796. The lowest BCUT2D eigenvalue weighted by molar-refractivity contribution is 0.601. The first-order chi connectivity index (χ1) is 7.57. The maximum absolute atomic E-state index is 11.5. The first-order valence-electron chi connectivity index (χ1n) is 5.46. The molecule has 0 bridgehead atoms. The molecule has 0 unspecified atom stereocenters. The zero-order chi connectivity index (χ0) is 11.6. The molecule has 1 N–H and O–H groups in total. The minimum Gasteiger partial charge on any atom is -0.369 e. The zero-order valence-electron chi connectivity index (χ0n) is 9.31. The number of anilines is 1. The summed E-state index contributed by atoms with van der Waals surface area (Å²) in [5.74, 6) is 1.31. The van der Waals surface area contributed by atoms with Gasteiger partial charge >= 0.3 is 0 Å². The van der Waals surface area contributed by atoms with Crippen molar-refractivity contribution in [1.29, 1.82) is 0 Å². The van der Waals surface area contributed by atoms with E-state index in [2.05, 4.69) is 10.3 Å². The topological polar surface area (TPSA) is 59.1 Å². The van der Waals surface area contributed by atoms with Crippen molar-refractivity contribution in [2.75, 3.05) is 18.1 Å². The van der Waals surface area contributed by atoms with E-state index in [1.807, 2.05) is 0 Å². The highest BCUT2D eigenvalue weighted by molar-refractivity contribution is 7.90. The van der Waals surface area contributed by atoms with Crippen LogP contribution in [0.25, 0.3) is 0 Å². The number of nitrogens with one attached hydrogen (secondary N) is 1. The Balaban J connectivity index is 2.06. The van der Waals surface area contributed by atoms with Gasteiger partial charge in [0.2, 0.25) is 0 Å². The van der Waals surface area contributed by atoms with E-state index in [1.54, 1.807) is 18.3 Å². The van der Waals surface area contributed by atoms with Crippen molar-refractivity contribution in [1.82, 2.24) is 4.98 Å². The number of hydrogen-bond donors (Lipinski definition) is 1. The Hall–Kier alpha value is -1.10. The second kappa shape index (κ2) is 4.41. The van der Waals surface area contributed by atoms with Gasteiger partial charge in [0.05, 0.1) is 0 Å². The van der Waals surface area contributed by atoms with Crippen LogP contribution in [-0.2, 0) is 9.84 Å². The molecule has 0 amide bonds. The molecule has 1 fully saturated rings. The molecule has 1 aliphatic rings. The average Bonchev–Trinajstić information content (AvgIpc) is 3.01. The number of aromatic nitrogens is 1. The van der Waals surface area contributed by atoms with E-state index < -0.39 is 9.84 Å². The third kappa shape index (κ3) is 2.95. The van der Waals surface area contributed by atoms with Crippen LogP contribution >= 0.6 is 0 Å². The maximum atomic E-state index is 11.5. The number of pyridine rings is 1. The lowest BCUT2D eigenvalue weighted by Gasteiger charge is -2.08. The molecular weight excluding hydrogens is 224 g/mol. The molecule has 0 radical (unpaired) electrons. The monoisotopic (exact) mass is 240 g/mol. The van der Waals surface area contributed by atoms with Crippen LogP contribution in [-0.4, -0.2) is 26.2 Å². The standard InChI is InChI=1S/C11H16N2O2S/c1-16(14,15)10-3-2-7-12-11(10)13-8-6-9-4-5-9/h2-3,7,9H,4-6,8H2,1H3,(H,12,13). The summed E-state index contributed by atoms with van der Waals surface area (Å²) in [6.07, 6.45) is 6.52. The third-order valence-electron chi connectivity index (χ3n) is 2.71. The fourth-order valence-electron chi connectivity index (χ4n) is 1.62. The van der Waals surface area contributed by atoms with Crippen LogP contribution < -0.4 is 5.32 Å². The average molecular weight is 240 g/mol. The highest BCUT2D eigenvalue weighted by atomic mass is 32.2. The molecule has 2 rings (SSSR count). The Morgan fingerprint density at radius 3 is 2.88 bits per heavy atom. The number of nitrogens with zero attached hydrogens (tertiary/aromatic N) is 1. The molecule has 0 aliphatic heterocycles. The molecule has 88 valence electrons. The summed E-state index contributed by atoms with van der Waals surface area (Å²) in [5.41, 5.74) is 0. The first kappa shape index (κ1) is 11.4. The second-order valence-electron chi connectivity index (χ2n) is 4.28. The summed E-state index contributed by atoms with van der Waals surface area (Å²) in [6, 6.07) is 3.23. The largest absolute Gasteiger partial charge is 0.369 e. The molecule has 0 aromatic carbocycles. The van der Waals surface area contributed by atoms with Crippen LogP contribution in [0.3, 0.4) is 0 Å². The minimum atomic E-state index is -3.19. The lowest BCUT2D eigenvalue weighted by atomic mass is 10.3. The second-order valence-corrected chi connectivity index (χ2v) is 6.27. The van der Waals surface area contributed by atoms with Crippen molar-refractivity contribution in [2.45, 2.75) is 24.2 Å². The van der Waals surface area contributed by atoms with Gasteiger partial charge in [0.1, 0.15) is 10.7 Å². The molecule has 1 aliphatic carbocycles. The number of hydrogen-bond acceptors (Lipinski definition) is 4. The van der Waals surface area contributed by atoms with Crippen LogP contribution in [0, 0.1) is 5.92 Å². The number of rotatable bonds is 5. The highest BCUT2D eigenvalue weighted by Crippen LogP contribution is 2.32. The van der Waals surface area contributed by atoms with Gasteiger partial charge in [-0.1, -0.05) is 12.8 Å². The quantitative estimate of drug-likeness (QED) is 0.851. The van der Waals surface area contributed by atoms with Gasteiger partial charge in [0.15, 0.2) is 9.84 Å². The van der Waals surface area contributed by atoms with Gasteiger partial charge in [0, 0.05) is 19.0 Å². The zero-order valence-corrected chi connectivity index (χ0v) is 10.1. The van der Waals surface area contributed by atoms with E-state index >= 15 is 0 Å². The van der Waals surface area contributed by atoms with Gasteiger partial charge in [-0.05, 0) is 24.5 Å². The van der Waals surface area contributed by atoms with Gasteiger partial charge < -0.3 is 5.32 Å². The SMILES string of the molecule is CS(=O)(=O)c1cccnc1NCCC1CC1. The summed E-state index contributed by atoms with van der Waals surface area (Å²) < 4.78 is 23.0. The van der Waals surface area contributed by atoms with Gasteiger partial charge in [-0.15, -0.1) is 0 Å². The van der Waals surface area contributed by atoms with Crippen molar-refractivity contribution < 1.29 is 8.42 Å². The first-order valence-corrected chi connectivity index (χ1v) is 7.35. The Kier molecular flexibility index (Phi) is 3.14. The van der Waals surface area contributed by atoms with Gasteiger partial charge in [0.25, 0.3) is 0 Å². The third-order valence-corrected chi connectivity index (χ3v) is 3.84. The molecule has 5 heteroatoms. The fraction of sp³-hybridized carbons (Fsp3) is 0.545. The van der Waals surface area contributed by atoms with Gasteiger partial charge in [-0.3, -0.25) is 0 Å². The van der Waals surface area contributed by atoms with Crippen LogP contribution in [0.2, 0.25) is 0 Å². The maximum Gasteiger partial charge on any atom is 0.179 e. The predicted molar refractivity (Wildman–Crippen MR) is 63.2 cm³/mol. The lowest BCUT2D eigenvalue weighted by Crippen LogP contribution is -2.09. The molecule has 16 heavy (non-hydrogen) atoms. The predicted octanol–water partition coefficient (Wildman–Crippen LogP) is 1.70. The molecule has 1 saturated carbocycles. The fourth-order valence-corrected chi connectivity index (χ4v) is 2.43. The molecule has 0 saturated heterocycles. The normalized spacial score (nSPS) is 16.1. The summed E-state index contributed by atoms with van der Waals surface area (Å²) in [7, 11) is -3.19. The van der Waals surface area contributed by atoms with Gasteiger partial charge in [-0.2, -0.15) is 0 Å². The Labute approximate surface area is 96.0 Å². The van der Waals surface area contributed by atoms with Crippen molar-refractivity contribution in [3.8, 4) is 0 Å². The van der Waals surface area contributed by atoms with E-state index in [9.17, 15) is 8.42 Å². The van der Waals surface area contributed by atoms with E-state index in [1.165, 1.54) is 19.1 Å². The van der Waals surface area contributed by atoms with Crippen molar-refractivity contribution in [3.63, 3.8) is 0 Å². The molecule has 0 atom stereocenters. The summed E-state index contributed by atoms with van der Waals surface area (Å²) >= 11 is 0. The van der Waals surface area contributed by atoms with Crippen molar-refractivity contribution in [2.24, 2.45) is 5.92 Å². The molecule has 1 aromatic heterocycles. The van der Waals surface area contributed by atoms with E-state index in [4.69, 9.17) is 0 Å². The van der Waals surface area contributed by atoms with Crippen LogP contribution in [0.5, 0.6) is 0 Å². The summed E-state index contributed by atoms with van der Waals surface area (Å²) in [4.78, 5) is 4.36. The molecular formula is C11H16N2O2S. The molecule has 1 aromatic rings. The Morgan fingerprint density at radius 2 is 2.25 bits per heavy atom.